The van der Waals surface area contributed by atoms with Gasteiger partial charge in [-0.2, -0.15) is 5.10 Å². The van der Waals surface area contributed by atoms with E-state index in [4.69, 9.17) is 0 Å². The summed E-state index contributed by atoms with van der Waals surface area (Å²) < 4.78 is 0. The average molecular weight is 343 g/mol. The standard InChI is InChI=1S/C22H21N3O/c1-2-5-15-8-10-16(11-9-15)20-14-21(25-24-20)23-22(26)19-12-17-6-3-4-7-18(17)13-19/h2-4,6-11,14,19H,1,5,12-13H2,(H2,23,24,25,26). The van der Waals surface area contributed by atoms with Crippen molar-refractivity contribution in [2.24, 2.45) is 5.92 Å². The van der Waals surface area contributed by atoms with Gasteiger partial charge in [-0.1, -0.05) is 54.6 Å². The molecule has 2 aromatic carbocycles. The lowest BCUT2D eigenvalue weighted by Gasteiger charge is -2.07. The number of H-pyrrole nitrogens is 1. The van der Waals surface area contributed by atoms with Gasteiger partial charge in [0.2, 0.25) is 5.91 Å². The van der Waals surface area contributed by atoms with Gasteiger partial charge in [-0.3, -0.25) is 9.89 Å². The number of carbonyl (C=O) groups excluding carboxylic acids is 1. The van der Waals surface area contributed by atoms with Crippen molar-refractivity contribution in [3.63, 3.8) is 0 Å². The Kier molecular flexibility index (Phi) is 4.40. The van der Waals surface area contributed by atoms with Gasteiger partial charge in [-0.05, 0) is 41.5 Å². The Labute approximate surface area is 153 Å². The molecule has 1 amide bonds. The molecule has 4 rings (SSSR count). The predicted molar refractivity (Wildman–Crippen MR) is 104 cm³/mol. The smallest absolute Gasteiger partial charge is 0.229 e. The molecule has 0 aliphatic heterocycles. The Morgan fingerprint density at radius 3 is 2.50 bits per heavy atom. The van der Waals surface area contributed by atoms with Gasteiger partial charge in [0, 0.05) is 12.0 Å². The van der Waals surface area contributed by atoms with Crippen LogP contribution in [0.15, 0.2) is 67.3 Å². The average Bonchev–Trinajstić information content (AvgIpc) is 3.29. The molecule has 0 saturated carbocycles. The van der Waals surface area contributed by atoms with E-state index >= 15 is 0 Å². The monoisotopic (exact) mass is 343 g/mol. The molecule has 0 unspecified atom stereocenters. The number of fused-ring (bicyclic) bond motifs is 1. The van der Waals surface area contributed by atoms with Crippen molar-refractivity contribution >= 4 is 11.7 Å². The zero-order valence-corrected chi connectivity index (χ0v) is 14.5. The first-order valence-electron chi connectivity index (χ1n) is 8.86. The lowest BCUT2D eigenvalue weighted by molar-refractivity contribution is -0.119. The number of carbonyl (C=O) groups is 1. The van der Waals surface area contributed by atoms with Crippen molar-refractivity contribution in [1.29, 1.82) is 0 Å². The molecule has 26 heavy (non-hydrogen) atoms. The van der Waals surface area contributed by atoms with E-state index in [1.807, 2.05) is 36.4 Å². The van der Waals surface area contributed by atoms with Crippen molar-refractivity contribution in [3.8, 4) is 11.3 Å². The number of anilines is 1. The molecule has 4 heteroatoms. The van der Waals surface area contributed by atoms with Crippen LogP contribution in [0.1, 0.15) is 16.7 Å². The Balaban J connectivity index is 1.42. The lowest BCUT2D eigenvalue weighted by atomic mass is 10.1. The van der Waals surface area contributed by atoms with Crippen LogP contribution in [-0.4, -0.2) is 16.1 Å². The molecule has 4 nitrogen and oxygen atoms in total. The van der Waals surface area contributed by atoms with Crippen LogP contribution >= 0.6 is 0 Å². The Morgan fingerprint density at radius 1 is 1.15 bits per heavy atom. The van der Waals surface area contributed by atoms with E-state index in [2.05, 4.69) is 46.4 Å². The van der Waals surface area contributed by atoms with Crippen molar-refractivity contribution in [1.82, 2.24) is 10.2 Å². The highest BCUT2D eigenvalue weighted by atomic mass is 16.2. The summed E-state index contributed by atoms with van der Waals surface area (Å²) in [5.74, 6) is 0.572. The van der Waals surface area contributed by atoms with E-state index in [1.54, 1.807) is 0 Å². The van der Waals surface area contributed by atoms with Gasteiger partial charge in [0.1, 0.15) is 0 Å². The summed E-state index contributed by atoms with van der Waals surface area (Å²) in [6, 6.07) is 18.4. The number of amides is 1. The number of rotatable bonds is 5. The van der Waals surface area contributed by atoms with E-state index in [0.717, 1.165) is 30.5 Å². The summed E-state index contributed by atoms with van der Waals surface area (Å²) in [6.07, 6.45) is 4.34. The molecule has 0 spiro atoms. The van der Waals surface area contributed by atoms with Gasteiger partial charge in [-0.25, -0.2) is 0 Å². The molecule has 0 radical (unpaired) electrons. The number of aromatic amines is 1. The van der Waals surface area contributed by atoms with Gasteiger partial charge >= 0.3 is 0 Å². The van der Waals surface area contributed by atoms with Crippen LogP contribution in [0.25, 0.3) is 11.3 Å². The minimum atomic E-state index is -0.0225. The van der Waals surface area contributed by atoms with E-state index < -0.39 is 0 Å². The SMILES string of the molecule is C=CCc1ccc(-c2cc(NC(=O)C3Cc4ccccc4C3)n[nH]2)cc1. The van der Waals surface area contributed by atoms with Crippen LogP contribution in [0.2, 0.25) is 0 Å². The third-order valence-corrected chi connectivity index (χ3v) is 4.90. The van der Waals surface area contributed by atoms with Crippen molar-refractivity contribution in [2.45, 2.75) is 19.3 Å². The maximum atomic E-state index is 12.6. The molecule has 0 bridgehead atoms. The van der Waals surface area contributed by atoms with Crippen molar-refractivity contribution in [3.05, 3.63) is 83.9 Å². The zero-order valence-electron chi connectivity index (χ0n) is 14.5. The van der Waals surface area contributed by atoms with Gasteiger partial charge in [0.05, 0.1) is 5.69 Å². The summed E-state index contributed by atoms with van der Waals surface area (Å²) in [7, 11) is 0. The second-order valence-corrected chi connectivity index (χ2v) is 6.72. The molecule has 130 valence electrons. The molecular formula is C22H21N3O. The van der Waals surface area contributed by atoms with Crippen LogP contribution in [0.5, 0.6) is 0 Å². The number of nitrogens with zero attached hydrogens (tertiary/aromatic N) is 1. The topological polar surface area (TPSA) is 57.8 Å². The van der Waals surface area contributed by atoms with Gasteiger partial charge in [0.25, 0.3) is 0 Å². The molecule has 3 aromatic rings. The molecule has 0 fully saturated rings. The van der Waals surface area contributed by atoms with Crippen LogP contribution in [0, 0.1) is 5.92 Å². The summed E-state index contributed by atoms with van der Waals surface area (Å²) >= 11 is 0. The van der Waals surface area contributed by atoms with E-state index in [0.29, 0.717) is 5.82 Å². The Bertz CT molecular complexity index is 915. The van der Waals surface area contributed by atoms with E-state index in [1.165, 1.54) is 16.7 Å². The molecule has 2 N–H and O–H groups in total. The molecule has 1 aromatic heterocycles. The van der Waals surface area contributed by atoms with E-state index in [9.17, 15) is 4.79 Å². The summed E-state index contributed by atoms with van der Waals surface area (Å²) in [4.78, 5) is 12.6. The molecule has 0 saturated heterocycles. The number of allylic oxidation sites excluding steroid dienone is 1. The fourth-order valence-corrected chi connectivity index (χ4v) is 3.49. The normalized spacial score (nSPS) is 13.4. The van der Waals surface area contributed by atoms with Gasteiger partial charge < -0.3 is 5.32 Å². The largest absolute Gasteiger partial charge is 0.309 e. The first kappa shape index (κ1) is 16.3. The van der Waals surface area contributed by atoms with E-state index in [-0.39, 0.29) is 11.8 Å². The molecule has 1 aliphatic carbocycles. The van der Waals surface area contributed by atoms with Crippen LogP contribution in [-0.2, 0) is 24.1 Å². The van der Waals surface area contributed by atoms with Gasteiger partial charge in [0.15, 0.2) is 5.82 Å². The van der Waals surface area contributed by atoms with Crippen molar-refractivity contribution < 1.29 is 4.79 Å². The molecule has 1 aliphatic rings. The quantitative estimate of drug-likeness (QED) is 0.684. The summed E-state index contributed by atoms with van der Waals surface area (Å²) in [5, 5.41) is 10.2. The number of benzene rings is 2. The zero-order chi connectivity index (χ0) is 17.9. The molecule has 0 atom stereocenters. The van der Waals surface area contributed by atoms with Gasteiger partial charge in [-0.15, -0.1) is 6.58 Å². The minimum absolute atomic E-state index is 0.0225. The summed E-state index contributed by atoms with van der Waals surface area (Å²) in [6.45, 7) is 3.76. The van der Waals surface area contributed by atoms with Crippen molar-refractivity contribution in [2.75, 3.05) is 5.32 Å². The lowest BCUT2D eigenvalue weighted by Crippen LogP contribution is -2.23. The highest BCUT2D eigenvalue weighted by Gasteiger charge is 2.27. The number of aromatic nitrogens is 2. The second-order valence-electron chi connectivity index (χ2n) is 6.72. The number of nitrogens with one attached hydrogen (secondary N) is 2. The van der Waals surface area contributed by atoms with Crippen LogP contribution in [0.3, 0.4) is 0 Å². The molecular weight excluding hydrogens is 322 g/mol. The highest BCUT2D eigenvalue weighted by molar-refractivity contribution is 5.93. The van der Waals surface area contributed by atoms with Crippen LogP contribution in [0.4, 0.5) is 5.82 Å². The molecule has 1 heterocycles. The number of hydrogen-bond donors (Lipinski definition) is 2. The Hall–Kier alpha value is -3.14. The number of hydrogen-bond acceptors (Lipinski definition) is 2. The highest BCUT2D eigenvalue weighted by Crippen LogP contribution is 2.28. The Morgan fingerprint density at radius 2 is 1.85 bits per heavy atom. The maximum Gasteiger partial charge on any atom is 0.229 e. The fraction of sp³-hybridized carbons (Fsp3) is 0.182. The summed E-state index contributed by atoms with van der Waals surface area (Å²) in [5.41, 5.74) is 5.70. The first-order valence-corrected chi connectivity index (χ1v) is 8.86. The third-order valence-electron chi connectivity index (χ3n) is 4.90. The fourth-order valence-electron chi connectivity index (χ4n) is 3.49. The second kappa shape index (κ2) is 7.00. The van der Waals surface area contributed by atoms with Crippen LogP contribution < -0.4 is 5.32 Å². The maximum absolute atomic E-state index is 12.6. The predicted octanol–water partition coefficient (Wildman–Crippen LogP) is 4.16. The minimum Gasteiger partial charge on any atom is -0.309 e. The third kappa shape index (κ3) is 3.31. The first-order chi connectivity index (χ1) is 12.7.